The van der Waals surface area contributed by atoms with E-state index in [-0.39, 0.29) is 23.0 Å². The number of nitrogen functional groups attached to an aromatic ring is 1. The molecule has 0 aromatic heterocycles. The summed E-state index contributed by atoms with van der Waals surface area (Å²) in [4.78, 5) is 0. The number of halogens is 2. The van der Waals surface area contributed by atoms with Crippen LogP contribution in [0.5, 0.6) is 0 Å². The Morgan fingerprint density at radius 3 is 2.26 bits per heavy atom. The normalized spacial score (nSPS) is 14.6. The van der Waals surface area contributed by atoms with Gasteiger partial charge in [0, 0.05) is 11.3 Å². The number of rotatable bonds is 7. The van der Waals surface area contributed by atoms with Crippen LogP contribution in [0.4, 0.5) is 14.5 Å². The Hall–Kier alpha value is -3.79. The standard InChI is InChI=1S/C30H28F2N2/c1-19(2)10-11-20-12-14-22(15-13-20)28(23-16-17-27(33)25(18-23)30(32)34)29(21-6-5-7-21)24-8-3-4-9-26(24)31/h3-4,8-18,21,34H,1,5-7,33H2,2H3/b11-10+,29-28+,34-30?. The Morgan fingerprint density at radius 1 is 1.00 bits per heavy atom. The zero-order chi connectivity index (χ0) is 24.2. The Balaban J connectivity index is 1.98. The van der Waals surface area contributed by atoms with Crippen LogP contribution in [0.2, 0.25) is 0 Å². The molecule has 0 spiro atoms. The SMILES string of the molecule is C=C(C)/C=C/c1ccc(/C(=C(\c2ccccc2F)C2CCC2)c2ccc(N)c(C(=N)F)c2)cc1. The van der Waals surface area contributed by atoms with Crippen molar-refractivity contribution < 1.29 is 8.78 Å². The number of allylic oxidation sites excluding steroid dienone is 3. The highest BCUT2D eigenvalue weighted by atomic mass is 19.1. The molecule has 1 aliphatic carbocycles. The van der Waals surface area contributed by atoms with Gasteiger partial charge in [0.2, 0.25) is 5.97 Å². The van der Waals surface area contributed by atoms with Crippen LogP contribution in [0.25, 0.3) is 17.2 Å². The molecule has 1 saturated carbocycles. The molecule has 0 radical (unpaired) electrons. The number of anilines is 1. The van der Waals surface area contributed by atoms with Crippen LogP contribution in [0, 0.1) is 17.1 Å². The second-order valence-corrected chi connectivity index (χ2v) is 8.81. The summed E-state index contributed by atoms with van der Waals surface area (Å²) in [6.07, 6.45) is 6.96. The van der Waals surface area contributed by atoms with E-state index in [2.05, 4.69) is 6.58 Å². The average molecular weight is 455 g/mol. The van der Waals surface area contributed by atoms with Crippen molar-refractivity contribution in [2.24, 2.45) is 5.92 Å². The summed E-state index contributed by atoms with van der Waals surface area (Å²) in [6, 6.07) is 19.9. The summed E-state index contributed by atoms with van der Waals surface area (Å²) in [5, 5.41) is 7.53. The lowest BCUT2D eigenvalue weighted by atomic mass is 9.73. The first-order valence-electron chi connectivity index (χ1n) is 11.4. The van der Waals surface area contributed by atoms with Crippen molar-refractivity contribution in [2.75, 3.05) is 5.73 Å². The predicted octanol–water partition coefficient (Wildman–Crippen LogP) is 8.05. The fourth-order valence-corrected chi connectivity index (χ4v) is 4.31. The molecule has 0 heterocycles. The molecule has 0 saturated heterocycles. The quantitative estimate of drug-likeness (QED) is 0.161. The molecule has 1 fully saturated rings. The van der Waals surface area contributed by atoms with Gasteiger partial charge in [0.1, 0.15) is 5.82 Å². The summed E-state index contributed by atoms with van der Waals surface area (Å²) >= 11 is 0. The van der Waals surface area contributed by atoms with Crippen molar-refractivity contribution in [1.29, 1.82) is 5.41 Å². The maximum Gasteiger partial charge on any atom is 0.214 e. The number of hydrogen-bond donors (Lipinski definition) is 2. The second-order valence-electron chi connectivity index (χ2n) is 8.81. The van der Waals surface area contributed by atoms with Crippen molar-refractivity contribution in [3.05, 3.63) is 119 Å². The lowest BCUT2D eigenvalue weighted by Crippen LogP contribution is -2.16. The Kier molecular flexibility index (Phi) is 6.87. The molecule has 0 bridgehead atoms. The predicted molar refractivity (Wildman–Crippen MR) is 139 cm³/mol. The first-order valence-corrected chi connectivity index (χ1v) is 11.4. The Labute approximate surface area is 199 Å². The van der Waals surface area contributed by atoms with E-state index in [9.17, 15) is 4.39 Å². The highest BCUT2D eigenvalue weighted by Gasteiger charge is 2.29. The molecule has 172 valence electrons. The van der Waals surface area contributed by atoms with E-state index in [1.165, 1.54) is 6.07 Å². The summed E-state index contributed by atoms with van der Waals surface area (Å²) in [6.45, 7) is 5.83. The molecule has 1 aliphatic rings. The lowest BCUT2D eigenvalue weighted by molar-refractivity contribution is 0.400. The van der Waals surface area contributed by atoms with Crippen LogP contribution < -0.4 is 5.73 Å². The molecular formula is C30H28F2N2. The maximum atomic E-state index is 15.1. The van der Waals surface area contributed by atoms with Gasteiger partial charge in [-0.25, -0.2) is 4.39 Å². The van der Waals surface area contributed by atoms with Gasteiger partial charge in [0.05, 0.1) is 5.56 Å². The van der Waals surface area contributed by atoms with E-state index in [4.69, 9.17) is 11.1 Å². The molecule has 0 aliphatic heterocycles. The third-order valence-electron chi connectivity index (χ3n) is 6.28. The number of nitrogens with two attached hydrogens (primary N) is 1. The van der Waals surface area contributed by atoms with E-state index < -0.39 is 5.97 Å². The van der Waals surface area contributed by atoms with Crippen LogP contribution in [0.3, 0.4) is 0 Å². The topological polar surface area (TPSA) is 49.9 Å². The zero-order valence-corrected chi connectivity index (χ0v) is 19.2. The van der Waals surface area contributed by atoms with E-state index in [1.807, 2.05) is 61.5 Å². The summed E-state index contributed by atoms with van der Waals surface area (Å²) in [7, 11) is 0. The van der Waals surface area contributed by atoms with Crippen LogP contribution in [-0.2, 0) is 0 Å². The van der Waals surface area contributed by atoms with Gasteiger partial charge in [-0.15, -0.1) is 0 Å². The molecule has 0 amide bonds. The highest BCUT2D eigenvalue weighted by Crippen LogP contribution is 2.46. The Bertz CT molecular complexity index is 1300. The fourth-order valence-electron chi connectivity index (χ4n) is 4.31. The molecule has 4 rings (SSSR count). The largest absolute Gasteiger partial charge is 0.398 e. The number of nitrogens with one attached hydrogen (secondary N) is 1. The van der Waals surface area contributed by atoms with E-state index >= 15 is 4.39 Å². The van der Waals surface area contributed by atoms with Crippen molar-refractivity contribution in [3.8, 4) is 0 Å². The van der Waals surface area contributed by atoms with E-state index in [0.717, 1.165) is 47.1 Å². The van der Waals surface area contributed by atoms with Gasteiger partial charge in [0.25, 0.3) is 0 Å². The van der Waals surface area contributed by atoms with Gasteiger partial charge in [-0.05, 0) is 71.7 Å². The summed E-state index contributed by atoms with van der Waals surface area (Å²) < 4.78 is 29.1. The molecule has 0 atom stereocenters. The summed E-state index contributed by atoms with van der Waals surface area (Å²) in [5.41, 5.74) is 12.1. The van der Waals surface area contributed by atoms with E-state index in [1.54, 1.807) is 18.2 Å². The van der Waals surface area contributed by atoms with Crippen LogP contribution >= 0.6 is 0 Å². The fraction of sp³-hybridized carbons (Fsp3) is 0.167. The third-order valence-corrected chi connectivity index (χ3v) is 6.28. The Morgan fingerprint density at radius 2 is 1.68 bits per heavy atom. The molecule has 0 unspecified atom stereocenters. The van der Waals surface area contributed by atoms with Crippen molar-refractivity contribution in [1.82, 2.24) is 0 Å². The summed E-state index contributed by atoms with van der Waals surface area (Å²) in [5.74, 6) is -1.17. The first kappa shape index (κ1) is 23.4. The van der Waals surface area contributed by atoms with Gasteiger partial charge in [-0.2, -0.15) is 4.39 Å². The highest BCUT2D eigenvalue weighted by molar-refractivity contribution is 6.03. The number of benzene rings is 3. The third kappa shape index (κ3) is 4.91. The van der Waals surface area contributed by atoms with Crippen molar-refractivity contribution in [3.63, 3.8) is 0 Å². The molecule has 3 aromatic carbocycles. The minimum Gasteiger partial charge on any atom is -0.398 e. The van der Waals surface area contributed by atoms with Gasteiger partial charge >= 0.3 is 0 Å². The molecule has 34 heavy (non-hydrogen) atoms. The van der Waals surface area contributed by atoms with Crippen LogP contribution in [-0.4, -0.2) is 5.97 Å². The molecule has 2 nitrogen and oxygen atoms in total. The van der Waals surface area contributed by atoms with Gasteiger partial charge in [-0.3, -0.25) is 5.41 Å². The van der Waals surface area contributed by atoms with Gasteiger partial charge in [0.15, 0.2) is 0 Å². The van der Waals surface area contributed by atoms with E-state index in [0.29, 0.717) is 11.1 Å². The molecule has 4 heteroatoms. The van der Waals surface area contributed by atoms with Gasteiger partial charge in [-0.1, -0.05) is 79.3 Å². The average Bonchev–Trinajstić information content (AvgIpc) is 2.78. The minimum absolute atomic E-state index is 0.0394. The smallest absolute Gasteiger partial charge is 0.214 e. The molecule has 3 aromatic rings. The lowest BCUT2D eigenvalue weighted by Gasteiger charge is -2.32. The van der Waals surface area contributed by atoms with Gasteiger partial charge < -0.3 is 5.73 Å². The van der Waals surface area contributed by atoms with Crippen LogP contribution in [0.1, 0.15) is 54.0 Å². The minimum atomic E-state index is -1.09. The maximum absolute atomic E-state index is 15.1. The molecular weight excluding hydrogens is 426 g/mol. The zero-order valence-electron chi connectivity index (χ0n) is 19.2. The molecule has 3 N–H and O–H groups in total. The first-order chi connectivity index (χ1) is 16.3. The second kappa shape index (κ2) is 10.0. The van der Waals surface area contributed by atoms with Crippen molar-refractivity contribution >= 4 is 28.9 Å². The number of hydrogen-bond acceptors (Lipinski definition) is 2. The monoisotopic (exact) mass is 454 g/mol. The van der Waals surface area contributed by atoms with Crippen molar-refractivity contribution in [2.45, 2.75) is 26.2 Å². The van der Waals surface area contributed by atoms with Crippen LogP contribution in [0.15, 0.2) is 85.0 Å².